The van der Waals surface area contributed by atoms with Crippen molar-refractivity contribution in [3.63, 3.8) is 0 Å². The summed E-state index contributed by atoms with van der Waals surface area (Å²) in [6.45, 7) is 2.74. The molecule has 0 saturated heterocycles. The number of hydrogen-bond donors (Lipinski definition) is 0. The molecule has 0 aliphatic carbocycles. The SMILES string of the molecule is CCn1cnnc1Cc1c(F)cccc1Cl. The average Bonchev–Trinajstić information content (AvgIpc) is 2.71. The Bertz CT molecular complexity index is 475. The van der Waals surface area contributed by atoms with Crippen LogP contribution in [0.1, 0.15) is 18.3 Å². The third-order valence-corrected chi connectivity index (χ3v) is 2.79. The van der Waals surface area contributed by atoms with Crippen molar-refractivity contribution < 1.29 is 4.39 Å². The lowest BCUT2D eigenvalue weighted by Gasteiger charge is -2.06. The van der Waals surface area contributed by atoms with Crippen LogP contribution in [-0.4, -0.2) is 14.8 Å². The number of benzene rings is 1. The summed E-state index contributed by atoms with van der Waals surface area (Å²) in [5.41, 5.74) is 0.465. The largest absolute Gasteiger partial charge is 0.318 e. The molecule has 0 radical (unpaired) electrons. The fourth-order valence-electron chi connectivity index (χ4n) is 1.54. The Hall–Kier alpha value is -1.42. The molecule has 84 valence electrons. The van der Waals surface area contributed by atoms with Crippen molar-refractivity contribution in [3.8, 4) is 0 Å². The third-order valence-electron chi connectivity index (χ3n) is 2.43. The topological polar surface area (TPSA) is 30.7 Å². The second kappa shape index (κ2) is 4.61. The first-order valence-electron chi connectivity index (χ1n) is 5.02. The Morgan fingerprint density at radius 2 is 2.25 bits per heavy atom. The number of nitrogens with zero attached hydrogens (tertiary/aromatic N) is 3. The molecular weight excluding hydrogens is 229 g/mol. The van der Waals surface area contributed by atoms with Gasteiger partial charge in [0.15, 0.2) is 0 Å². The molecule has 0 saturated carbocycles. The van der Waals surface area contributed by atoms with Crippen LogP contribution in [0.4, 0.5) is 4.39 Å². The minimum absolute atomic E-state index is 0.307. The van der Waals surface area contributed by atoms with Gasteiger partial charge < -0.3 is 4.57 Å². The number of aromatic nitrogens is 3. The zero-order valence-corrected chi connectivity index (χ0v) is 9.58. The molecule has 0 bridgehead atoms. The summed E-state index contributed by atoms with van der Waals surface area (Å²) in [6.07, 6.45) is 1.99. The fraction of sp³-hybridized carbons (Fsp3) is 0.273. The molecule has 0 N–H and O–H groups in total. The van der Waals surface area contributed by atoms with E-state index in [1.165, 1.54) is 6.07 Å². The molecular formula is C11H11ClFN3. The van der Waals surface area contributed by atoms with Gasteiger partial charge >= 0.3 is 0 Å². The van der Waals surface area contributed by atoms with Gasteiger partial charge in [-0.25, -0.2) is 4.39 Å². The second-order valence-electron chi connectivity index (χ2n) is 3.41. The van der Waals surface area contributed by atoms with Gasteiger partial charge in [-0.3, -0.25) is 0 Å². The van der Waals surface area contributed by atoms with Gasteiger partial charge in [-0.15, -0.1) is 10.2 Å². The number of halogens is 2. The summed E-state index contributed by atoms with van der Waals surface area (Å²) in [4.78, 5) is 0. The molecule has 16 heavy (non-hydrogen) atoms. The highest BCUT2D eigenvalue weighted by Gasteiger charge is 2.11. The van der Waals surface area contributed by atoms with Crippen LogP contribution in [-0.2, 0) is 13.0 Å². The molecule has 0 unspecified atom stereocenters. The van der Waals surface area contributed by atoms with E-state index >= 15 is 0 Å². The molecule has 2 rings (SSSR count). The van der Waals surface area contributed by atoms with Gasteiger partial charge in [0.2, 0.25) is 0 Å². The maximum Gasteiger partial charge on any atom is 0.137 e. The maximum atomic E-state index is 13.5. The van der Waals surface area contributed by atoms with Crippen LogP contribution >= 0.6 is 11.6 Å². The Morgan fingerprint density at radius 1 is 1.44 bits per heavy atom. The van der Waals surface area contributed by atoms with Crippen LogP contribution in [0.3, 0.4) is 0 Å². The number of rotatable bonds is 3. The average molecular weight is 240 g/mol. The molecule has 0 atom stereocenters. The molecule has 0 spiro atoms. The van der Waals surface area contributed by atoms with Crippen LogP contribution in [0, 0.1) is 5.82 Å². The van der Waals surface area contributed by atoms with Crippen molar-refractivity contribution in [1.29, 1.82) is 0 Å². The lowest BCUT2D eigenvalue weighted by Crippen LogP contribution is -2.03. The fourth-order valence-corrected chi connectivity index (χ4v) is 1.77. The van der Waals surface area contributed by atoms with Crippen LogP contribution in [0.2, 0.25) is 5.02 Å². The quantitative estimate of drug-likeness (QED) is 0.825. The predicted octanol–water partition coefficient (Wildman–Crippen LogP) is 2.68. The third kappa shape index (κ3) is 2.07. The number of aryl methyl sites for hydroxylation is 1. The molecule has 0 aliphatic heterocycles. The van der Waals surface area contributed by atoms with E-state index in [0.29, 0.717) is 17.0 Å². The van der Waals surface area contributed by atoms with Crippen LogP contribution in [0.25, 0.3) is 0 Å². The summed E-state index contributed by atoms with van der Waals surface area (Å²) in [7, 11) is 0. The van der Waals surface area contributed by atoms with E-state index in [2.05, 4.69) is 10.2 Å². The van der Waals surface area contributed by atoms with E-state index in [9.17, 15) is 4.39 Å². The Kier molecular flexibility index (Phi) is 3.19. The highest BCUT2D eigenvalue weighted by Crippen LogP contribution is 2.21. The lowest BCUT2D eigenvalue weighted by atomic mass is 10.1. The van der Waals surface area contributed by atoms with Crippen molar-refractivity contribution >= 4 is 11.6 Å². The minimum atomic E-state index is -0.307. The molecule has 1 heterocycles. The van der Waals surface area contributed by atoms with E-state index in [1.54, 1.807) is 18.5 Å². The van der Waals surface area contributed by atoms with Crippen molar-refractivity contribution in [1.82, 2.24) is 14.8 Å². The van der Waals surface area contributed by atoms with Crippen molar-refractivity contribution in [2.24, 2.45) is 0 Å². The second-order valence-corrected chi connectivity index (χ2v) is 3.82. The first kappa shape index (κ1) is 11.1. The van der Waals surface area contributed by atoms with Crippen molar-refractivity contribution in [2.45, 2.75) is 19.9 Å². The van der Waals surface area contributed by atoms with Gasteiger partial charge in [0, 0.05) is 23.6 Å². The number of hydrogen-bond acceptors (Lipinski definition) is 2. The van der Waals surface area contributed by atoms with Crippen LogP contribution in [0.5, 0.6) is 0 Å². The summed E-state index contributed by atoms with van der Waals surface area (Å²) in [6, 6.07) is 4.66. The Morgan fingerprint density at radius 3 is 2.94 bits per heavy atom. The predicted molar refractivity (Wildman–Crippen MR) is 59.9 cm³/mol. The van der Waals surface area contributed by atoms with Crippen molar-refractivity contribution in [2.75, 3.05) is 0 Å². The smallest absolute Gasteiger partial charge is 0.137 e. The van der Waals surface area contributed by atoms with E-state index in [-0.39, 0.29) is 5.82 Å². The summed E-state index contributed by atoms with van der Waals surface area (Å²) in [5.74, 6) is 0.410. The first-order valence-corrected chi connectivity index (χ1v) is 5.39. The molecule has 5 heteroatoms. The zero-order valence-electron chi connectivity index (χ0n) is 8.82. The van der Waals surface area contributed by atoms with E-state index in [1.807, 2.05) is 11.5 Å². The highest BCUT2D eigenvalue weighted by molar-refractivity contribution is 6.31. The molecule has 2 aromatic rings. The molecule has 1 aromatic carbocycles. The Balaban J connectivity index is 2.34. The monoisotopic (exact) mass is 239 g/mol. The molecule has 0 fully saturated rings. The van der Waals surface area contributed by atoms with Gasteiger partial charge in [0.1, 0.15) is 18.0 Å². The van der Waals surface area contributed by atoms with Crippen LogP contribution < -0.4 is 0 Å². The highest BCUT2D eigenvalue weighted by atomic mass is 35.5. The standard InChI is InChI=1S/C11H11ClFN3/c1-2-16-7-14-15-11(16)6-8-9(12)4-3-5-10(8)13/h3-5,7H,2,6H2,1H3. The lowest BCUT2D eigenvalue weighted by molar-refractivity contribution is 0.608. The summed E-state index contributed by atoms with van der Waals surface area (Å²) in [5, 5.41) is 8.17. The minimum Gasteiger partial charge on any atom is -0.318 e. The van der Waals surface area contributed by atoms with Gasteiger partial charge in [-0.2, -0.15) is 0 Å². The van der Waals surface area contributed by atoms with Crippen LogP contribution in [0.15, 0.2) is 24.5 Å². The molecule has 0 amide bonds. The van der Waals surface area contributed by atoms with Gasteiger partial charge in [0.05, 0.1) is 0 Å². The van der Waals surface area contributed by atoms with Gasteiger partial charge in [0.25, 0.3) is 0 Å². The van der Waals surface area contributed by atoms with E-state index in [4.69, 9.17) is 11.6 Å². The zero-order chi connectivity index (χ0) is 11.5. The first-order chi connectivity index (χ1) is 7.72. The van der Waals surface area contributed by atoms with E-state index in [0.717, 1.165) is 12.4 Å². The molecule has 0 aliphatic rings. The van der Waals surface area contributed by atoms with Crippen molar-refractivity contribution in [3.05, 3.63) is 46.8 Å². The summed E-state index contributed by atoms with van der Waals surface area (Å²) >= 11 is 5.94. The summed E-state index contributed by atoms with van der Waals surface area (Å²) < 4.78 is 15.4. The normalized spacial score (nSPS) is 10.7. The molecule has 1 aromatic heterocycles. The van der Waals surface area contributed by atoms with E-state index < -0.39 is 0 Å². The Labute approximate surface area is 97.9 Å². The maximum absolute atomic E-state index is 13.5. The molecule has 3 nitrogen and oxygen atoms in total. The van der Waals surface area contributed by atoms with Gasteiger partial charge in [-0.05, 0) is 19.1 Å². The van der Waals surface area contributed by atoms with Gasteiger partial charge in [-0.1, -0.05) is 17.7 Å².